The minimum Gasteiger partial charge on any atom is -0.352 e. The molecule has 210 valence electrons. The van der Waals surface area contributed by atoms with Crippen molar-refractivity contribution in [2.75, 3.05) is 10.6 Å². The highest BCUT2D eigenvalue weighted by Gasteiger charge is 2.31. The minimum atomic E-state index is -4.67. The molecule has 0 spiro atoms. The third-order valence-electron chi connectivity index (χ3n) is 6.29. The third kappa shape index (κ3) is 6.06. The molecule has 2 heterocycles. The van der Waals surface area contributed by atoms with Gasteiger partial charge in [-0.2, -0.15) is 17.5 Å². The lowest BCUT2D eigenvalue weighted by molar-refractivity contribution is -0.137. The molecule has 0 aliphatic rings. The quantitative estimate of drug-likeness (QED) is 0.214. The maximum Gasteiger partial charge on any atom is 0.416 e. The summed E-state index contributed by atoms with van der Waals surface area (Å²) in [4.78, 5) is 30.0. The Hall–Kier alpha value is -4.06. The van der Waals surface area contributed by atoms with Crippen molar-refractivity contribution in [3.05, 3.63) is 76.2 Å². The number of amides is 2. The lowest BCUT2D eigenvalue weighted by Crippen LogP contribution is -2.34. The molecule has 0 aliphatic carbocycles. The van der Waals surface area contributed by atoms with Crippen LogP contribution >= 0.6 is 11.5 Å². The molecule has 2 aromatic heterocycles. The molecule has 12 heteroatoms. The van der Waals surface area contributed by atoms with Gasteiger partial charge in [-0.1, -0.05) is 32.9 Å². The van der Waals surface area contributed by atoms with E-state index < -0.39 is 23.0 Å². The van der Waals surface area contributed by atoms with Crippen molar-refractivity contribution < 1.29 is 27.2 Å². The summed E-state index contributed by atoms with van der Waals surface area (Å²) in [5.74, 6) is -1.43. The summed E-state index contributed by atoms with van der Waals surface area (Å²) in [6.45, 7) is 9.36. The molecule has 2 aromatic carbocycles. The first-order chi connectivity index (χ1) is 18.7. The summed E-state index contributed by atoms with van der Waals surface area (Å²) in [5.41, 5.74) is 1.61. The standard InChI is InChI=1S/C28H27F4N5O2S/c1-14-6-7-16(13-34-26(39)27(3,4)5)15(2)21(14)25(38)36-20-10-11-33-22-23(20)40-37-24(22)35-19-9-8-17(12-18(19)29)28(30,31)32/h6-12H,13H2,1-5H3,(H,34,39)(H,35,37)(H,33,36,38). The number of aromatic nitrogens is 2. The Bertz CT molecular complexity index is 1610. The number of hydrogen-bond acceptors (Lipinski definition) is 6. The van der Waals surface area contributed by atoms with Crippen molar-refractivity contribution in [3.63, 3.8) is 0 Å². The van der Waals surface area contributed by atoms with Crippen molar-refractivity contribution in [2.45, 2.75) is 47.3 Å². The second-order valence-electron chi connectivity index (χ2n) is 10.3. The number of fused-ring (bicyclic) bond motifs is 1. The molecule has 3 N–H and O–H groups in total. The fraction of sp³-hybridized carbons (Fsp3) is 0.286. The van der Waals surface area contributed by atoms with Crippen LogP contribution in [-0.2, 0) is 17.5 Å². The molecule has 0 fully saturated rings. The smallest absolute Gasteiger partial charge is 0.352 e. The molecule has 0 atom stereocenters. The summed E-state index contributed by atoms with van der Waals surface area (Å²) in [6.07, 6.45) is -3.23. The first-order valence-corrected chi connectivity index (χ1v) is 13.0. The van der Waals surface area contributed by atoms with Gasteiger partial charge in [-0.15, -0.1) is 0 Å². The highest BCUT2D eigenvalue weighted by atomic mass is 32.1. The molecule has 40 heavy (non-hydrogen) atoms. The molecule has 7 nitrogen and oxygen atoms in total. The van der Waals surface area contributed by atoms with Gasteiger partial charge in [-0.25, -0.2) is 4.39 Å². The number of carbonyl (C=O) groups excluding carboxylic acids is 2. The average molecular weight is 574 g/mol. The molecule has 4 rings (SSSR count). The van der Waals surface area contributed by atoms with Crippen molar-refractivity contribution >= 4 is 50.8 Å². The van der Waals surface area contributed by atoms with E-state index in [9.17, 15) is 27.2 Å². The van der Waals surface area contributed by atoms with E-state index in [0.29, 0.717) is 27.5 Å². The third-order valence-corrected chi connectivity index (χ3v) is 7.16. The van der Waals surface area contributed by atoms with Gasteiger partial charge in [0.05, 0.1) is 21.6 Å². The predicted octanol–water partition coefficient (Wildman–Crippen LogP) is 7.12. The van der Waals surface area contributed by atoms with Crippen LogP contribution in [0.2, 0.25) is 0 Å². The Morgan fingerprint density at radius 3 is 2.38 bits per heavy atom. The van der Waals surface area contributed by atoms with E-state index in [2.05, 4.69) is 25.3 Å². The lowest BCUT2D eigenvalue weighted by atomic mass is 9.94. The minimum absolute atomic E-state index is 0.108. The molecule has 0 saturated heterocycles. The van der Waals surface area contributed by atoms with E-state index in [1.165, 1.54) is 6.20 Å². The first kappa shape index (κ1) is 28.9. The van der Waals surface area contributed by atoms with Crippen LogP contribution in [-0.4, -0.2) is 21.2 Å². The van der Waals surface area contributed by atoms with Crippen molar-refractivity contribution in [1.29, 1.82) is 0 Å². The van der Waals surface area contributed by atoms with Crippen LogP contribution in [0.25, 0.3) is 10.2 Å². The number of anilines is 3. The fourth-order valence-electron chi connectivity index (χ4n) is 4.00. The highest BCUT2D eigenvalue weighted by molar-refractivity contribution is 7.14. The Morgan fingerprint density at radius 1 is 1.00 bits per heavy atom. The summed E-state index contributed by atoms with van der Waals surface area (Å²) in [6, 6.07) is 7.44. The summed E-state index contributed by atoms with van der Waals surface area (Å²) >= 11 is 0.996. The van der Waals surface area contributed by atoms with Crippen LogP contribution in [0.15, 0.2) is 42.6 Å². The second kappa shape index (κ2) is 10.8. The van der Waals surface area contributed by atoms with Gasteiger partial charge in [0.2, 0.25) is 5.91 Å². The monoisotopic (exact) mass is 573 g/mol. The molecular weight excluding hydrogens is 546 g/mol. The van der Waals surface area contributed by atoms with Gasteiger partial charge in [-0.05, 0) is 66.3 Å². The Balaban J connectivity index is 1.58. The first-order valence-electron chi connectivity index (χ1n) is 12.2. The Kier molecular flexibility index (Phi) is 7.84. The Morgan fingerprint density at radius 2 is 1.73 bits per heavy atom. The van der Waals surface area contributed by atoms with Gasteiger partial charge in [0, 0.05) is 23.7 Å². The van der Waals surface area contributed by atoms with Crippen LogP contribution in [0, 0.1) is 25.1 Å². The number of pyridine rings is 1. The van der Waals surface area contributed by atoms with Gasteiger partial charge in [0.1, 0.15) is 11.3 Å². The summed E-state index contributed by atoms with van der Waals surface area (Å²) < 4.78 is 57.8. The zero-order valence-corrected chi connectivity index (χ0v) is 23.2. The number of rotatable bonds is 6. The predicted molar refractivity (Wildman–Crippen MR) is 147 cm³/mol. The van der Waals surface area contributed by atoms with Crippen molar-refractivity contribution in [1.82, 2.24) is 14.7 Å². The lowest BCUT2D eigenvalue weighted by Gasteiger charge is -2.19. The Labute approximate surface area is 232 Å². The molecule has 2 amide bonds. The number of benzene rings is 2. The molecular formula is C28H27F4N5O2S. The number of hydrogen-bond donors (Lipinski definition) is 3. The fourth-order valence-corrected chi connectivity index (χ4v) is 4.77. The number of halogens is 4. The van der Waals surface area contributed by atoms with Crippen LogP contribution in [0.3, 0.4) is 0 Å². The normalized spacial score (nSPS) is 11.9. The van der Waals surface area contributed by atoms with Crippen molar-refractivity contribution in [2.24, 2.45) is 5.41 Å². The zero-order chi connectivity index (χ0) is 29.4. The second-order valence-corrected chi connectivity index (χ2v) is 11.1. The zero-order valence-electron chi connectivity index (χ0n) is 22.4. The van der Waals surface area contributed by atoms with Gasteiger partial charge < -0.3 is 16.0 Å². The molecule has 4 aromatic rings. The largest absolute Gasteiger partial charge is 0.416 e. The van der Waals surface area contributed by atoms with Gasteiger partial charge >= 0.3 is 6.18 Å². The summed E-state index contributed by atoms with van der Waals surface area (Å²) in [7, 11) is 0. The number of aryl methyl sites for hydroxylation is 1. The number of nitrogens with zero attached hydrogens (tertiary/aromatic N) is 2. The van der Waals surface area contributed by atoms with E-state index in [4.69, 9.17) is 0 Å². The van der Waals surface area contributed by atoms with E-state index in [1.54, 1.807) is 6.07 Å². The number of carbonyl (C=O) groups is 2. The molecule has 0 radical (unpaired) electrons. The molecule has 0 saturated carbocycles. The van der Waals surface area contributed by atoms with Gasteiger partial charge in [0.15, 0.2) is 5.82 Å². The molecule has 0 bridgehead atoms. The van der Waals surface area contributed by atoms with Crippen LogP contribution < -0.4 is 16.0 Å². The SMILES string of the molecule is Cc1ccc(CNC(=O)C(C)(C)C)c(C)c1C(=O)Nc1ccnc2c(Nc3ccc(C(F)(F)F)cc3F)nsc12. The number of alkyl halides is 3. The van der Waals surface area contributed by atoms with Crippen molar-refractivity contribution in [3.8, 4) is 0 Å². The van der Waals surface area contributed by atoms with Crippen LogP contribution in [0.1, 0.15) is 53.4 Å². The summed E-state index contributed by atoms with van der Waals surface area (Å²) in [5, 5.41) is 8.48. The van der Waals surface area contributed by atoms with E-state index >= 15 is 0 Å². The van der Waals surface area contributed by atoms with E-state index in [0.717, 1.165) is 40.4 Å². The average Bonchev–Trinajstić information content (AvgIpc) is 3.27. The molecule has 0 aliphatic heterocycles. The highest BCUT2D eigenvalue weighted by Crippen LogP contribution is 2.35. The maximum absolute atomic E-state index is 14.4. The van der Waals surface area contributed by atoms with Crippen LogP contribution in [0.4, 0.5) is 34.8 Å². The van der Waals surface area contributed by atoms with E-state index in [1.807, 2.05) is 46.8 Å². The maximum atomic E-state index is 14.4. The van der Waals surface area contributed by atoms with Gasteiger partial charge in [-0.3, -0.25) is 14.6 Å². The molecule has 0 unspecified atom stereocenters. The topological polar surface area (TPSA) is 96.0 Å². The van der Waals surface area contributed by atoms with E-state index in [-0.39, 0.29) is 29.9 Å². The number of nitrogens with one attached hydrogen (secondary N) is 3. The van der Waals surface area contributed by atoms with Gasteiger partial charge in [0.25, 0.3) is 5.91 Å². The van der Waals surface area contributed by atoms with Crippen LogP contribution in [0.5, 0.6) is 0 Å².